The molecule has 0 radical (unpaired) electrons. The van der Waals surface area contributed by atoms with Gasteiger partial charge in [0.2, 0.25) is 0 Å². The van der Waals surface area contributed by atoms with Gasteiger partial charge in [0.05, 0.1) is 5.69 Å². The predicted molar refractivity (Wildman–Crippen MR) is 223 cm³/mol. The number of aromatic nitrogens is 1. The Balaban J connectivity index is 1.55. The first-order valence-electron chi connectivity index (χ1n) is 18.2. The Morgan fingerprint density at radius 2 is 1.59 bits per heavy atom. The largest absolute Gasteiger partial charge is 0.381 e. The van der Waals surface area contributed by atoms with Gasteiger partial charge in [0, 0.05) is 24.0 Å². The van der Waals surface area contributed by atoms with Crippen LogP contribution < -0.4 is 5.32 Å². The van der Waals surface area contributed by atoms with E-state index in [1.165, 1.54) is 54.9 Å². The molecule has 0 saturated heterocycles. The average Bonchev–Trinajstić information content (AvgIpc) is 3.19. The molecule has 1 aliphatic heterocycles. The molecule has 1 N–H and O–H groups in total. The molecular formula is C49H48N2. The first-order chi connectivity index (χ1) is 25.0. The summed E-state index contributed by atoms with van der Waals surface area (Å²) in [6, 6.07) is 30.7. The highest BCUT2D eigenvalue weighted by molar-refractivity contribution is 6.20. The lowest BCUT2D eigenvalue weighted by Crippen LogP contribution is -2.16. The van der Waals surface area contributed by atoms with Crippen LogP contribution in [0.4, 0.5) is 0 Å². The standard InChI is InChI=1S/C49H48N2/c1-6-8-20-39(27-26-37(5)46-25-16-17-32-50-46)48-42-23-14-15-24-43(42)49(45-33-40(28-30-44(45)48)38-21-10-9-11-22-38)41-29-31-47(51-34-41)36(4)19-13-12-18-35(3)7-2/h8-31,33-35,50H,4,6-7,32H2,1-3,5H3/b18-12-,19-13-,20-8-,37-26+,39-27+. The number of hydrogen-bond acceptors (Lipinski definition) is 2. The smallest absolute Gasteiger partial charge is 0.0696 e. The molecule has 0 saturated carbocycles. The molecule has 0 amide bonds. The molecule has 2 nitrogen and oxygen atoms in total. The van der Waals surface area contributed by atoms with Crippen LogP contribution in [0.25, 0.3) is 54.9 Å². The molecule has 0 fully saturated rings. The molecule has 0 bridgehead atoms. The maximum Gasteiger partial charge on any atom is 0.0696 e. The first-order valence-corrected chi connectivity index (χ1v) is 18.2. The minimum atomic E-state index is 0.558. The quantitative estimate of drug-likeness (QED) is 0.106. The van der Waals surface area contributed by atoms with E-state index >= 15 is 0 Å². The van der Waals surface area contributed by atoms with Crippen LogP contribution in [0.2, 0.25) is 0 Å². The summed E-state index contributed by atoms with van der Waals surface area (Å²) >= 11 is 0. The number of hydrogen-bond donors (Lipinski definition) is 1. The van der Waals surface area contributed by atoms with E-state index < -0.39 is 0 Å². The summed E-state index contributed by atoms with van der Waals surface area (Å²) in [5.74, 6) is 0.558. The fraction of sp³-hybridized carbons (Fsp3) is 0.163. The van der Waals surface area contributed by atoms with E-state index in [1.807, 2.05) is 12.3 Å². The summed E-state index contributed by atoms with van der Waals surface area (Å²) in [6.45, 7) is 14.0. The van der Waals surface area contributed by atoms with Crippen molar-refractivity contribution in [3.05, 3.63) is 187 Å². The molecule has 0 aliphatic carbocycles. The zero-order valence-electron chi connectivity index (χ0n) is 30.4. The zero-order chi connectivity index (χ0) is 35.6. The van der Waals surface area contributed by atoms with Crippen molar-refractivity contribution in [2.45, 2.75) is 40.5 Å². The van der Waals surface area contributed by atoms with E-state index in [4.69, 9.17) is 4.98 Å². The number of pyridine rings is 1. The number of benzene rings is 4. The zero-order valence-corrected chi connectivity index (χ0v) is 30.4. The minimum absolute atomic E-state index is 0.558. The third-order valence-corrected chi connectivity index (χ3v) is 9.57. The van der Waals surface area contributed by atoms with Crippen molar-refractivity contribution < 1.29 is 0 Å². The summed E-state index contributed by atoms with van der Waals surface area (Å²) in [7, 11) is 0. The van der Waals surface area contributed by atoms with Crippen molar-refractivity contribution >= 4 is 32.7 Å². The fourth-order valence-electron chi connectivity index (χ4n) is 6.49. The number of allylic oxidation sites excluding steroid dienone is 13. The lowest BCUT2D eigenvalue weighted by Gasteiger charge is -2.19. The van der Waals surface area contributed by atoms with Crippen LogP contribution in [0.1, 0.15) is 51.8 Å². The van der Waals surface area contributed by atoms with E-state index in [-0.39, 0.29) is 0 Å². The molecule has 2 heteroatoms. The third kappa shape index (κ3) is 8.19. The number of nitrogens with one attached hydrogen (secondary N) is 1. The van der Waals surface area contributed by atoms with Crippen molar-refractivity contribution in [2.24, 2.45) is 5.92 Å². The summed E-state index contributed by atoms with van der Waals surface area (Å²) in [5, 5.41) is 8.33. The second-order valence-electron chi connectivity index (χ2n) is 13.2. The Hall–Kier alpha value is -5.73. The molecule has 2 heterocycles. The molecule has 1 unspecified atom stereocenters. The average molecular weight is 665 g/mol. The van der Waals surface area contributed by atoms with Crippen molar-refractivity contribution in [3.8, 4) is 22.3 Å². The van der Waals surface area contributed by atoms with Crippen LogP contribution in [0.5, 0.6) is 0 Å². The van der Waals surface area contributed by atoms with E-state index in [2.05, 4.69) is 185 Å². The number of fused-ring (bicyclic) bond motifs is 2. The fourth-order valence-corrected chi connectivity index (χ4v) is 6.49. The minimum Gasteiger partial charge on any atom is -0.381 e. The number of dihydropyridines is 1. The van der Waals surface area contributed by atoms with Crippen molar-refractivity contribution in [3.63, 3.8) is 0 Å². The van der Waals surface area contributed by atoms with Gasteiger partial charge in [0.1, 0.15) is 0 Å². The van der Waals surface area contributed by atoms with Gasteiger partial charge >= 0.3 is 0 Å². The highest BCUT2D eigenvalue weighted by Crippen LogP contribution is 2.43. The highest BCUT2D eigenvalue weighted by Gasteiger charge is 2.18. The number of nitrogens with zero attached hydrogens (tertiary/aromatic N) is 1. The van der Waals surface area contributed by atoms with Crippen molar-refractivity contribution in [1.82, 2.24) is 10.3 Å². The molecule has 1 atom stereocenters. The van der Waals surface area contributed by atoms with E-state index in [1.54, 1.807) is 0 Å². The summed E-state index contributed by atoms with van der Waals surface area (Å²) in [4.78, 5) is 4.95. The molecule has 0 spiro atoms. The van der Waals surface area contributed by atoms with E-state index in [0.717, 1.165) is 41.9 Å². The van der Waals surface area contributed by atoms with Crippen molar-refractivity contribution in [1.29, 1.82) is 0 Å². The van der Waals surface area contributed by atoms with Gasteiger partial charge in [-0.05, 0) is 98.0 Å². The Morgan fingerprint density at radius 1 is 0.824 bits per heavy atom. The Kier molecular flexibility index (Phi) is 11.6. The maximum atomic E-state index is 4.95. The van der Waals surface area contributed by atoms with Crippen LogP contribution >= 0.6 is 0 Å². The van der Waals surface area contributed by atoms with Gasteiger partial charge in [-0.2, -0.15) is 0 Å². The molecule has 51 heavy (non-hydrogen) atoms. The topological polar surface area (TPSA) is 24.9 Å². The summed E-state index contributed by atoms with van der Waals surface area (Å²) < 4.78 is 0. The lowest BCUT2D eigenvalue weighted by atomic mass is 9.84. The van der Waals surface area contributed by atoms with Crippen molar-refractivity contribution in [2.75, 3.05) is 6.54 Å². The summed E-state index contributed by atoms with van der Waals surface area (Å²) in [6.07, 6.45) is 28.0. The van der Waals surface area contributed by atoms with Crippen LogP contribution in [-0.2, 0) is 0 Å². The molecular weight excluding hydrogens is 617 g/mol. The van der Waals surface area contributed by atoms with Crippen LogP contribution in [-0.4, -0.2) is 11.5 Å². The molecule has 1 aromatic heterocycles. The first kappa shape index (κ1) is 35.1. The van der Waals surface area contributed by atoms with Gasteiger partial charge in [-0.3, -0.25) is 4.98 Å². The normalized spacial score (nSPS) is 14.5. The van der Waals surface area contributed by atoms with Gasteiger partial charge in [-0.1, -0.05) is 167 Å². The molecule has 4 aromatic carbocycles. The molecule has 1 aliphatic rings. The second kappa shape index (κ2) is 16.8. The van der Waals surface area contributed by atoms with E-state index in [0.29, 0.717) is 5.92 Å². The predicted octanol–water partition coefficient (Wildman–Crippen LogP) is 13.2. The Labute approximate surface area is 304 Å². The SMILES string of the molecule is C=C(/C=C\C=C/C(C)CC)c1ccc(-c2c3ccccc3c(C(/C=C\CC)=C/C=C(\C)C3=CC=CCN3)c3ccc(-c4ccccc4)cc23)cn1. The molecule has 254 valence electrons. The number of rotatable bonds is 12. The van der Waals surface area contributed by atoms with Gasteiger partial charge in [0.15, 0.2) is 0 Å². The second-order valence-corrected chi connectivity index (χ2v) is 13.2. The molecule has 6 rings (SSSR count). The van der Waals surface area contributed by atoms with Gasteiger partial charge in [-0.25, -0.2) is 0 Å². The van der Waals surface area contributed by atoms with Crippen LogP contribution in [0.3, 0.4) is 0 Å². The Bertz CT molecular complexity index is 2240. The van der Waals surface area contributed by atoms with Gasteiger partial charge in [-0.15, -0.1) is 0 Å². The Morgan fingerprint density at radius 3 is 2.31 bits per heavy atom. The third-order valence-electron chi connectivity index (χ3n) is 9.57. The maximum absolute atomic E-state index is 4.95. The van der Waals surface area contributed by atoms with Crippen LogP contribution in [0.15, 0.2) is 176 Å². The van der Waals surface area contributed by atoms with Crippen LogP contribution in [0, 0.1) is 5.92 Å². The lowest BCUT2D eigenvalue weighted by molar-refractivity contribution is 0.698. The monoisotopic (exact) mass is 664 g/mol. The highest BCUT2D eigenvalue weighted by atomic mass is 14.9. The molecule has 5 aromatic rings. The van der Waals surface area contributed by atoms with Gasteiger partial charge in [0.25, 0.3) is 0 Å². The summed E-state index contributed by atoms with van der Waals surface area (Å²) in [5.41, 5.74) is 11.2. The van der Waals surface area contributed by atoms with Gasteiger partial charge < -0.3 is 5.32 Å². The van der Waals surface area contributed by atoms with E-state index in [9.17, 15) is 0 Å².